The molecule has 6 nitrogen and oxygen atoms in total. The van der Waals surface area contributed by atoms with Crippen LogP contribution in [-0.2, 0) is 0 Å². The smallest absolute Gasteiger partial charge is 0.291 e. The molecule has 0 unspecified atom stereocenters. The van der Waals surface area contributed by atoms with E-state index < -0.39 is 5.91 Å². The van der Waals surface area contributed by atoms with Crippen LogP contribution in [0.2, 0.25) is 0 Å². The molecule has 0 aliphatic carbocycles. The van der Waals surface area contributed by atoms with Crippen molar-refractivity contribution in [3.05, 3.63) is 126 Å². The van der Waals surface area contributed by atoms with Gasteiger partial charge in [-0.15, -0.1) is 0 Å². The minimum Gasteiger partial charge on any atom is -0.507 e. The van der Waals surface area contributed by atoms with E-state index in [9.17, 15) is 9.90 Å². The molecule has 0 saturated carbocycles. The van der Waals surface area contributed by atoms with Gasteiger partial charge in [0.15, 0.2) is 5.69 Å². The molecule has 0 fully saturated rings. The molecule has 0 saturated heterocycles. The maximum atomic E-state index is 13.2. The summed E-state index contributed by atoms with van der Waals surface area (Å²) in [5.74, 6) is -0.363. The number of amides is 1. The van der Waals surface area contributed by atoms with Gasteiger partial charge in [0, 0.05) is 11.1 Å². The van der Waals surface area contributed by atoms with Crippen molar-refractivity contribution in [1.29, 1.82) is 0 Å². The minimum absolute atomic E-state index is 0.0867. The van der Waals surface area contributed by atoms with Crippen LogP contribution in [0.25, 0.3) is 38.5 Å². The van der Waals surface area contributed by atoms with Crippen molar-refractivity contribution >= 4 is 33.7 Å². The first-order valence-corrected chi connectivity index (χ1v) is 12.3. The van der Waals surface area contributed by atoms with Gasteiger partial charge in [-0.3, -0.25) is 4.79 Å². The Hall–Kier alpha value is -5.23. The maximum Gasteiger partial charge on any atom is 0.291 e. The molecule has 1 heterocycles. The van der Waals surface area contributed by atoms with E-state index in [1.165, 1.54) is 6.21 Å². The highest BCUT2D eigenvalue weighted by molar-refractivity contribution is 6.03. The zero-order chi connectivity index (χ0) is 26.1. The lowest BCUT2D eigenvalue weighted by Gasteiger charge is -2.10. The number of nitrogens with one attached hydrogen (secondary N) is 1. The maximum absolute atomic E-state index is 13.2. The van der Waals surface area contributed by atoms with Crippen molar-refractivity contribution in [2.24, 2.45) is 5.10 Å². The highest BCUT2D eigenvalue weighted by atomic mass is 16.3. The molecule has 0 bridgehead atoms. The Bertz CT molecular complexity index is 1850. The summed E-state index contributed by atoms with van der Waals surface area (Å²) in [6, 6.07) is 35.2. The molecule has 184 valence electrons. The molecule has 0 atom stereocenters. The summed E-state index contributed by atoms with van der Waals surface area (Å²) in [4.78, 5) is 13.2. The zero-order valence-electron chi connectivity index (χ0n) is 20.7. The van der Waals surface area contributed by atoms with E-state index in [-0.39, 0.29) is 11.4 Å². The summed E-state index contributed by atoms with van der Waals surface area (Å²) in [7, 11) is 0. The molecule has 1 aromatic heterocycles. The number of nitrogens with zero attached hydrogens (tertiary/aromatic N) is 3. The summed E-state index contributed by atoms with van der Waals surface area (Å²) >= 11 is 0. The predicted molar refractivity (Wildman–Crippen MR) is 152 cm³/mol. The van der Waals surface area contributed by atoms with Gasteiger partial charge in [0.1, 0.15) is 5.75 Å². The third kappa shape index (κ3) is 4.29. The van der Waals surface area contributed by atoms with Crippen LogP contribution < -0.4 is 5.43 Å². The van der Waals surface area contributed by atoms with E-state index in [0.29, 0.717) is 5.56 Å². The summed E-state index contributed by atoms with van der Waals surface area (Å²) in [5.41, 5.74) is 7.06. The van der Waals surface area contributed by atoms with Crippen LogP contribution in [-0.4, -0.2) is 27.0 Å². The number of rotatable bonds is 5. The first-order chi connectivity index (χ1) is 18.6. The fourth-order valence-corrected chi connectivity index (χ4v) is 4.72. The predicted octanol–water partition coefficient (Wildman–Crippen LogP) is 6.62. The number of hydrogen-bond donors (Lipinski definition) is 2. The van der Waals surface area contributed by atoms with Crippen molar-refractivity contribution in [3.8, 4) is 22.7 Å². The number of hydrogen-bond acceptors (Lipinski definition) is 4. The van der Waals surface area contributed by atoms with Gasteiger partial charge in [0.25, 0.3) is 5.91 Å². The standard InChI is InChI=1S/C32H24N4O2/c1-21-8-6-12-24(18-21)36-30(27-15-7-11-22-9-2-4-13-25(22)27)19-29(35-36)32(38)34-33-20-28-26-14-5-3-10-23(26)16-17-31(28)37/h2-20,37H,1H3,(H,34,38)/b33-20-. The van der Waals surface area contributed by atoms with E-state index in [1.54, 1.807) is 16.8 Å². The number of carbonyl (C=O) groups excluding carboxylic acids is 1. The lowest BCUT2D eigenvalue weighted by Crippen LogP contribution is -2.18. The molecule has 0 spiro atoms. The van der Waals surface area contributed by atoms with Gasteiger partial charge in [-0.25, -0.2) is 10.1 Å². The average molecular weight is 497 g/mol. The summed E-state index contributed by atoms with van der Waals surface area (Å²) in [6.07, 6.45) is 1.46. The number of hydrazone groups is 1. The second-order valence-corrected chi connectivity index (χ2v) is 9.11. The summed E-state index contributed by atoms with van der Waals surface area (Å²) in [6.45, 7) is 2.02. The van der Waals surface area contributed by atoms with E-state index in [4.69, 9.17) is 0 Å². The Balaban J connectivity index is 1.39. The second-order valence-electron chi connectivity index (χ2n) is 9.11. The van der Waals surface area contributed by atoms with Gasteiger partial charge in [-0.1, -0.05) is 84.9 Å². The fourth-order valence-electron chi connectivity index (χ4n) is 4.72. The summed E-state index contributed by atoms with van der Waals surface area (Å²) in [5, 5.41) is 23.2. The van der Waals surface area contributed by atoms with Crippen LogP contribution in [0.15, 0.2) is 114 Å². The number of aromatic hydroxyl groups is 1. The Morgan fingerprint density at radius 1 is 0.842 bits per heavy atom. The molecule has 38 heavy (non-hydrogen) atoms. The van der Waals surface area contributed by atoms with Gasteiger partial charge in [-0.05, 0) is 58.3 Å². The number of benzene rings is 5. The molecule has 1 amide bonds. The van der Waals surface area contributed by atoms with Crippen molar-refractivity contribution in [3.63, 3.8) is 0 Å². The topological polar surface area (TPSA) is 79.5 Å². The van der Waals surface area contributed by atoms with E-state index in [2.05, 4.69) is 33.8 Å². The third-order valence-electron chi connectivity index (χ3n) is 6.56. The Labute approximate surface area is 219 Å². The minimum atomic E-state index is -0.450. The van der Waals surface area contributed by atoms with Crippen LogP contribution in [0.3, 0.4) is 0 Å². The number of aryl methyl sites for hydroxylation is 1. The quantitative estimate of drug-likeness (QED) is 0.208. The van der Waals surface area contributed by atoms with Crippen LogP contribution >= 0.6 is 0 Å². The monoisotopic (exact) mass is 496 g/mol. The van der Waals surface area contributed by atoms with Gasteiger partial charge in [0.05, 0.1) is 17.6 Å². The van der Waals surface area contributed by atoms with Crippen molar-refractivity contribution in [1.82, 2.24) is 15.2 Å². The van der Waals surface area contributed by atoms with Crippen LogP contribution in [0, 0.1) is 6.92 Å². The van der Waals surface area contributed by atoms with E-state index in [1.807, 2.05) is 85.8 Å². The molecule has 0 radical (unpaired) electrons. The fraction of sp³-hybridized carbons (Fsp3) is 0.0312. The number of carbonyl (C=O) groups is 1. The lowest BCUT2D eigenvalue weighted by atomic mass is 10.0. The lowest BCUT2D eigenvalue weighted by molar-refractivity contribution is 0.0949. The number of phenolic OH excluding ortho intramolecular Hbond substituents is 1. The third-order valence-corrected chi connectivity index (χ3v) is 6.56. The van der Waals surface area contributed by atoms with Crippen molar-refractivity contribution in [2.45, 2.75) is 6.92 Å². The Kier molecular flexibility index (Phi) is 5.90. The van der Waals surface area contributed by atoms with Crippen LogP contribution in [0.5, 0.6) is 5.75 Å². The molecular formula is C32H24N4O2. The Morgan fingerprint density at radius 3 is 2.37 bits per heavy atom. The van der Waals surface area contributed by atoms with E-state index >= 15 is 0 Å². The van der Waals surface area contributed by atoms with Gasteiger partial charge in [0.2, 0.25) is 0 Å². The highest BCUT2D eigenvalue weighted by Gasteiger charge is 2.18. The van der Waals surface area contributed by atoms with E-state index in [0.717, 1.165) is 44.1 Å². The SMILES string of the molecule is Cc1cccc(-n2nc(C(=O)N/N=C\c3c(O)ccc4ccccc34)cc2-c2cccc3ccccc23)c1. The van der Waals surface area contributed by atoms with Gasteiger partial charge >= 0.3 is 0 Å². The largest absolute Gasteiger partial charge is 0.507 e. The molecule has 0 aliphatic rings. The molecule has 6 heteroatoms. The first kappa shape index (κ1) is 23.2. The van der Waals surface area contributed by atoms with Gasteiger partial charge < -0.3 is 5.11 Å². The second kappa shape index (κ2) is 9.67. The number of phenols is 1. The molecule has 6 rings (SSSR count). The number of fused-ring (bicyclic) bond motifs is 2. The zero-order valence-corrected chi connectivity index (χ0v) is 20.7. The first-order valence-electron chi connectivity index (χ1n) is 12.3. The highest BCUT2D eigenvalue weighted by Crippen LogP contribution is 2.31. The van der Waals surface area contributed by atoms with Gasteiger partial charge in [-0.2, -0.15) is 10.2 Å². The molecule has 5 aromatic carbocycles. The van der Waals surface area contributed by atoms with Crippen LogP contribution in [0.1, 0.15) is 21.6 Å². The molecular weight excluding hydrogens is 472 g/mol. The summed E-state index contributed by atoms with van der Waals surface area (Å²) < 4.78 is 1.80. The van der Waals surface area contributed by atoms with Crippen LogP contribution in [0.4, 0.5) is 0 Å². The molecule has 0 aliphatic heterocycles. The number of aromatic nitrogens is 2. The normalized spacial score (nSPS) is 11.4. The molecule has 6 aromatic rings. The Morgan fingerprint density at radius 2 is 1.55 bits per heavy atom. The average Bonchev–Trinajstić information content (AvgIpc) is 3.39. The molecule has 2 N–H and O–H groups in total. The van der Waals surface area contributed by atoms with Crippen molar-refractivity contribution in [2.75, 3.05) is 0 Å². The van der Waals surface area contributed by atoms with Crippen molar-refractivity contribution < 1.29 is 9.90 Å².